The van der Waals surface area contributed by atoms with Crippen LogP contribution in [0.15, 0.2) is 35.8 Å². The third-order valence-electron chi connectivity index (χ3n) is 6.52. The number of hydrogen-bond donors (Lipinski definition) is 2. The Morgan fingerprint density at radius 2 is 2.14 bits per heavy atom. The Labute approximate surface area is 176 Å². The molecule has 7 heteroatoms. The lowest BCUT2D eigenvalue weighted by atomic mass is 9.88. The average Bonchev–Trinajstić information content (AvgIpc) is 3.13. The molecule has 0 bridgehead atoms. The van der Waals surface area contributed by atoms with Crippen LogP contribution in [0.4, 0.5) is 0 Å². The van der Waals surface area contributed by atoms with Crippen molar-refractivity contribution in [3.63, 3.8) is 0 Å². The van der Waals surface area contributed by atoms with Gasteiger partial charge in [0, 0.05) is 32.0 Å². The van der Waals surface area contributed by atoms with E-state index in [2.05, 4.69) is 27.8 Å². The molecule has 2 aromatic heterocycles. The van der Waals surface area contributed by atoms with E-state index in [9.17, 15) is 0 Å². The van der Waals surface area contributed by atoms with Crippen molar-refractivity contribution >= 4 is 11.3 Å². The zero-order valence-electron chi connectivity index (χ0n) is 17.1. The Bertz CT molecular complexity index is 805. The molecule has 0 radical (unpaired) electrons. The van der Waals surface area contributed by atoms with Crippen LogP contribution in [0.2, 0.25) is 0 Å². The molecule has 2 aromatic rings. The van der Waals surface area contributed by atoms with Gasteiger partial charge in [-0.15, -0.1) is 11.3 Å². The van der Waals surface area contributed by atoms with E-state index in [0.29, 0.717) is 0 Å². The molecule has 3 fully saturated rings. The second kappa shape index (κ2) is 8.32. The largest absolute Gasteiger partial charge is 0.496 e. The van der Waals surface area contributed by atoms with Crippen molar-refractivity contribution < 1.29 is 14.2 Å². The molecule has 5 rings (SSSR count). The topological polar surface area (TPSA) is 87.6 Å². The molecule has 1 saturated heterocycles. The molecule has 0 aromatic carbocycles. The van der Waals surface area contributed by atoms with Gasteiger partial charge in [0.1, 0.15) is 11.4 Å². The zero-order chi connectivity index (χ0) is 19.0. The number of hydrogen-bond acceptors (Lipinski definition) is 7. The minimum atomic E-state index is -0.389. The first-order chi connectivity index (χ1) is 13.7. The number of rotatable bonds is 7. The van der Waals surface area contributed by atoms with Crippen molar-refractivity contribution in [3.05, 3.63) is 46.4 Å². The standard InChI is InChI=1S/C22H28N2O3S.H3N/c1-25-18-5-11-28-19(18)15-23-9-6-21(20-4-2-3-8-24-20)7-10-26-22(27-21)13-16-12-17(16)14-22;/h2-5,8,11,16-17,23H,6-7,9-10,12-15H2,1H3;1H3. The summed E-state index contributed by atoms with van der Waals surface area (Å²) in [4.78, 5) is 5.92. The van der Waals surface area contributed by atoms with E-state index in [1.807, 2.05) is 18.3 Å². The Kier molecular flexibility index (Phi) is 5.95. The summed E-state index contributed by atoms with van der Waals surface area (Å²) in [5.41, 5.74) is 0.664. The van der Waals surface area contributed by atoms with Crippen molar-refractivity contribution in [2.75, 3.05) is 20.3 Å². The van der Waals surface area contributed by atoms with E-state index in [4.69, 9.17) is 14.2 Å². The molecule has 158 valence electrons. The minimum Gasteiger partial charge on any atom is -0.496 e. The number of thiophene rings is 1. The summed E-state index contributed by atoms with van der Waals surface area (Å²) in [6.07, 6.45) is 7.06. The third-order valence-corrected chi connectivity index (χ3v) is 7.42. The molecule has 3 aliphatic rings. The normalized spacial score (nSPS) is 32.6. The van der Waals surface area contributed by atoms with E-state index in [-0.39, 0.29) is 17.5 Å². The van der Waals surface area contributed by atoms with Gasteiger partial charge < -0.3 is 25.7 Å². The molecule has 3 unspecified atom stereocenters. The minimum absolute atomic E-state index is 0. The Morgan fingerprint density at radius 1 is 1.28 bits per heavy atom. The van der Waals surface area contributed by atoms with E-state index in [1.54, 1.807) is 18.4 Å². The van der Waals surface area contributed by atoms with Crippen LogP contribution < -0.4 is 16.2 Å². The second-order valence-corrected chi connectivity index (χ2v) is 9.32. The van der Waals surface area contributed by atoms with E-state index in [0.717, 1.165) is 68.7 Å². The maximum absolute atomic E-state index is 6.84. The molecular formula is C22H31N3O3S. The van der Waals surface area contributed by atoms with Gasteiger partial charge >= 0.3 is 0 Å². The molecule has 0 amide bonds. The predicted octanol–water partition coefficient (Wildman–Crippen LogP) is 4.25. The van der Waals surface area contributed by atoms with Gasteiger partial charge in [-0.3, -0.25) is 4.98 Å². The molecule has 2 saturated carbocycles. The molecule has 29 heavy (non-hydrogen) atoms. The maximum Gasteiger partial charge on any atom is 0.170 e. The summed E-state index contributed by atoms with van der Waals surface area (Å²) in [5, 5.41) is 5.65. The van der Waals surface area contributed by atoms with Gasteiger partial charge in [-0.05, 0) is 54.8 Å². The highest BCUT2D eigenvalue weighted by molar-refractivity contribution is 7.10. The van der Waals surface area contributed by atoms with Crippen LogP contribution in [0.25, 0.3) is 0 Å². The highest BCUT2D eigenvalue weighted by Crippen LogP contribution is 2.60. The van der Waals surface area contributed by atoms with Crippen LogP contribution in [0, 0.1) is 11.8 Å². The lowest BCUT2D eigenvalue weighted by Crippen LogP contribution is -2.51. The molecule has 4 N–H and O–H groups in total. The molecule has 3 atom stereocenters. The number of nitrogens with zero attached hydrogens (tertiary/aromatic N) is 1. The molecule has 1 spiro atoms. The highest BCUT2D eigenvalue weighted by atomic mass is 32.1. The van der Waals surface area contributed by atoms with Crippen LogP contribution >= 0.6 is 11.3 Å². The van der Waals surface area contributed by atoms with E-state index < -0.39 is 0 Å². The van der Waals surface area contributed by atoms with Gasteiger partial charge in [-0.1, -0.05) is 6.07 Å². The first-order valence-corrected chi connectivity index (χ1v) is 11.2. The smallest absolute Gasteiger partial charge is 0.170 e. The van der Waals surface area contributed by atoms with Crippen LogP contribution in [-0.2, 0) is 21.6 Å². The van der Waals surface area contributed by atoms with Gasteiger partial charge in [-0.25, -0.2) is 0 Å². The van der Waals surface area contributed by atoms with Gasteiger partial charge in [0.25, 0.3) is 0 Å². The van der Waals surface area contributed by atoms with Gasteiger partial charge in [0.05, 0.1) is 24.3 Å². The number of methoxy groups -OCH3 is 1. The summed E-state index contributed by atoms with van der Waals surface area (Å²) in [7, 11) is 1.73. The molecule has 1 aliphatic heterocycles. The van der Waals surface area contributed by atoms with Gasteiger partial charge in [-0.2, -0.15) is 0 Å². The van der Waals surface area contributed by atoms with Crippen LogP contribution in [0.1, 0.15) is 42.7 Å². The van der Waals surface area contributed by atoms with Gasteiger partial charge in [0.2, 0.25) is 0 Å². The fraction of sp³-hybridized carbons (Fsp3) is 0.591. The zero-order valence-corrected chi connectivity index (χ0v) is 17.9. The first kappa shape index (κ1) is 20.8. The Balaban J connectivity index is 0.00000205. The lowest BCUT2D eigenvalue weighted by Gasteiger charge is -2.47. The van der Waals surface area contributed by atoms with Crippen LogP contribution in [-0.4, -0.2) is 31.0 Å². The van der Waals surface area contributed by atoms with E-state index in [1.165, 1.54) is 11.3 Å². The highest BCUT2D eigenvalue weighted by Gasteiger charge is 2.60. The fourth-order valence-corrected chi connectivity index (χ4v) is 5.79. The number of pyridine rings is 1. The molecule has 2 aliphatic carbocycles. The fourth-order valence-electron chi connectivity index (χ4n) is 4.98. The number of aromatic nitrogens is 1. The number of nitrogens with one attached hydrogen (secondary N) is 1. The quantitative estimate of drug-likeness (QED) is 0.655. The Morgan fingerprint density at radius 3 is 2.90 bits per heavy atom. The summed E-state index contributed by atoms with van der Waals surface area (Å²) in [6, 6.07) is 8.16. The molecule has 6 nitrogen and oxygen atoms in total. The lowest BCUT2D eigenvalue weighted by molar-refractivity contribution is -0.335. The van der Waals surface area contributed by atoms with Crippen molar-refractivity contribution in [3.8, 4) is 5.75 Å². The third kappa shape index (κ3) is 4.07. The average molecular weight is 418 g/mol. The van der Waals surface area contributed by atoms with Crippen molar-refractivity contribution in [1.82, 2.24) is 16.5 Å². The van der Waals surface area contributed by atoms with E-state index >= 15 is 0 Å². The molecular weight excluding hydrogens is 386 g/mol. The second-order valence-electron chi connectivity index (χ2n) is 8.32. The van der Waals surface area contributed by atoms with Crippen LogP contribution in [0.3, 0.4) is 0 Å². The Hall–Kier alpha value is -1.51. The van der Waals surface area contributed by atoms with Crippen molar-refractivity contribution in [1.29, 1.82) is 0 Å². The SMILES string of the molecule is COc1ccsc1CNCCC1(c2ccccn2)CCOC2(CC3CC3C2)O1.N. The molecule has 3 heterocycles. The summed E-state index contributed by atoms with van der Waals surface area (Å²) < 4.78 is 18.5. The number of fused-ring (bicyclic) bond motifs is 1. The monoisotopic (exact) mass is 417 g/mol. The van der Waals surface area contributed by atoms with Crippen molar-refractivity contribution in [2.24, 2.45) is 11.8 Å². The number of ether oxygens (including phenoxy) is 3. The summed E-state index contributed by atoms with van der Waals surface area (Å²) in [5.74, 6) is 2.19. The van der Waals surface area contributed by atoms with Gasteiger partial charge in [0.15, 0.2) is 5.79 Å². The maximum atomic E-state index is 6.84. The summed E-state index contributed by atoms with van der Waals surface area (Å²) >= 11 is 1.72. The first-order valence-electron chi connectivity index (χ1n) is 10.3. The van der Waals surface area contributed by atoms with Crippen LogP contribution in [0.5, 0.6) is 5.75 Å². The van der Waals surface area contributed by atoms with Crippen molar-refractivity contribution in [2.45, 2.75) is 50.0 Å². The summed E-state index contributed by atoms with van der Waals surface area (Å²) in [6.45, 7) is 2.42. The predicted molar refractivity (Wildman–Crippen MR) is 113 cm³/mol.